The molecule has 230 valence electrons. The van der Waals surface area contributed by atoms with Crippen molar-refractivity contribution in [2.75, 3.05) is 10.2 Å². The van der Waals surface area contributed by atoms with E-state index in [2.05, 4.69) is 5.43 Å². The Morgan fingerprint density at radius 2 is 0.915 bits per heavy atom. The van der Waals surface area contributed by atoms with Gasteiger partial charge in [-0.1, -0.05) is 121 Å². The van der Waals surface area contributed by atoms with Crippen molar-refractivity contribution in [3.05, 3.63) is 188 Å². The molecule has 6 aromatic carbocycles. The Labute approximate surface area is 279 Å². The summed E-state index contributed by atoms with van der Waals surface area (Å²) in [6.45, 7) is 0. The fourth-order valence-electron chi connectivity index (χ4n) is 4.95. The van der Waals surface area contributed by atoms with Crippen molar-refractivity contribution < 1.29 is 17.2 Å². The largest absolute Gasteiger partial charge is 1.00 e. The molecule has 1 N–H and O–H groups in total. The van der Waals surface area contributed by atoms with Crippen molar-refractivity contribution >= 4 is 17.2 Å². The van der Waals surface area contributed by atoms with Crippen molar-refractivity contribution in [1.29, 1.82) is 0 Å². The summed E-state index contributed by atoms with van der Waals surface area (Å²) < 4.78 is 0. The minimum absolute atomic E-state index is 0. The molecule has 0 saturated heterocycles. The smallest absolute Gasteiger partial charge is 0.340 e. The van der Waals surface area contributed by atoms with Gasteiger partial charge in [0.05, 0.1) is 22.0 Å². The van der Waals surface area contributed by atoms with Gasteiger partial charge in [-0.3, -0.25) is 5.43 Å². The predicted octanol–water partition coefficient (Wildman–Crippen LogP) is 4.01. The van der Waals surface area contributed by atoms with Gasteiger partial charge in [-0.2, -0.15) is 10.2 Å². The number of rotatable bonds is 6. The fourth-order valence-corrected chi connectivity index (χ4v) is 4.95. The molecule has 0 spiro atoms. The second-order valence-corrected chi connectivity index (χ2v) is 10.3. The van der Waals surface area contributed by atoms with Crippen LogP contribution >= 0.6 is 0 Å². The molecule has 8 nitrogen and oxygen atoms in total. The lowest BCUT2D eigenvalue weighted by Gasteiger charge is -2.27. The van der Waals surface area contributed by atoms with Crippen LogP contribution in [0.1, 0.15) is 5.56 Å². The van der Waals surface area contributed by atoms with E-state index in [0.29, 0.717) is 5.82 Å². The number of benzene rings is 6. The van der Waals surface area contributed by atoms with E-state index in [0.717, 1.165) is 39.7 Å². The highest BCUT2D eigenvalue weighted by Crippen LogP contribution is 2.25. The minimum Gasteiger partial charge on any atom is -1.00 e. The molecule has 47 heavy (non-hydrogen) atoms. The molecule has 0 amide bonds. The third-order valence-corrected chi connectivity index (χ3v) is 7.20. The molecule has 8 rings (SSSR count). The molecule has 9 heteroatoms. The summed E-state index contributed by atoms with van der Waals surface area (Å²) in [6.07, 6.45) is 0. The molecular weight excluding hydrogens is 604 g/mol. The van der Waals surface area contributed by atoms with Crippen molar-refractivity contribution in [1.82, 2.24) is 20.4 Å². The van der Waals surface area contributed by atoms with Gasteiger partial charge in [0, 0.05) is 10.4 Å². The molecule has 0 radical (unpaired) electrons. The average molecular weight is 635 g/mol. The van der Waals surface area contributed by atoms with Gasteiger partial charge in [0.2, 0.25) is 0 Å². The van der Waals surface area contributed by atoms with Gasteiger partial charge in [0.1, 0.15) is 5.69 Å². The maximum Gasteiger partial charge on any atom is 0.340 e. The molecule has 1 aliphatic rings. The van der Waals surface area contributed by atoms with Crippen LogP contribution < -0.4 is 32.9 Å². The third kappa shape index (κ3) is 7.03. The van der Waals surface area contributed by atoms with Crippen LogP contribution in [0.15, 0.2) is 187 Å². The van der Waals surface area contributed by atoms with E-state index >= 15 is 0 Å². The standard InChI is InChI=1S/C19H16N4.C19H15N4.ClH/c2*1-4-10-16(11-5-1)19-20-22(17-12-6-2-7-13-17)23(21-19)18-14-8-3-9-15-18;/h1-15H,(H,20,21);1-15H;1H/q;+1;/p-1. The normalized spacial score (nSPS) is 11.9. The summed E-state index contributed by atoms with van der Waals surface area (Å²) in [5.41, 5.74) is 9.36. The first-order valence-electron chi connectivity index (χ1n) is 15.0. The Balaban J connectivity index is 0.000000161. The van der Waals surface area contributed by atoms with Crippen LogP contribution in [0.25, 0.3) is 22.8 Å². The number of hydrazine groups is 2. The maximum absolute atomic E-state index is 4.75. The number of nitrogens with one attached hydrogen (secondary N) is 1. The zero-order valence-corrected chi connectivity index (χ0v) is 26.1. The van der Waals surface area contributed by atoms with Crippen LogP contribution in [0.2, 0.25) is 0 Å². The van der Waals surface area contributed by atoms with E-state index in [1.807, 2.05) is 202 Å². The molecular formula is C38H31ClN8. The van der Waals surface area contributed by atoms with Gasteiger partial charge in [-0.15, -0.1) is 5.10 Å². The minimum atomic E-state index is 0. The van der Waals surface area contributed by atoms with Gasteiger partial charge >= 0.3 is 5.82 Å². The molecule has 0 aliphatic carbocycles. The molecule has 0 bridgehead atoms. The van der Waals surface area contributed by atoms with E-state index in [-0.39, 0.29) is 12.4 Å². The Morgan fingerprint density at radius 3 is 1.47 bits per heavy atom. The second kappa shape index (κ2) is 14.7. The summed E-state index contributed by atoms with van der Waals surface area (Å²) in [7, 11) is 0. The van der Waals surface area contributed by atoms with Crippen LogP contribution in [-0.2, 0) is 0 Å². The SMILES string of the molecule is [Cl-].c1ccc(-c2nn(-c3ccccc3)[n+](-c3ccccc3)n2)cc1.c1ccc(C2=NN(c3ccccc3)N(c3ccccc3)N2)cc1. The lowest BCUT2D eigenvalue weighted by atomic mass is 10.2. The summed E-state index contributed by atoms with van der Waals surface area (Å²) in [5, 5.41) is 18.0. The topological polar surface area (TPSA) is 65.5 Å². The maximum atomic E-state index is 4.75. The van der Waals surface area contributed by atoms with Crippen molar-refractivity contribution in [3.63, 3.8) is 0 Å². The monoisotopic (exact) mass is 634 g/mol. The Morgan fingerprint density at radius 1 is 0.468 bits per heavy atom. The highest BCUT2D eigenvalue weighted by molar-refractivity contribution is 6.02. The second-order valence-electron chi connectivity index (χ2n) is 10.3. The van der Waals surface area contributed by atoms with Crippen molar-refractivity contribution in [2.45, 2.75) is 0 Å². The van der Waals surface area contributed by atoms with Gasteiger partial charge in [0.15, 0.2) is 11.5 Å². The number of amidine groups is 1. The number of para-hydroxylation sites is 4. The first kappa shape index (κ1) is 30.8. The molecule has 2 heterocycles. The zero-order chi connectivity index (χ0) is 31.0. The Bertz CT molecular complexity index is 1950. The van der Waals surface area contributed by atoms with Gasteiger partial charge in [0.25, 0.3) is 0 Å². The van der Waals surface area contributed by atoms with E-state index in [1.54, 1.807) is 0 Å². The van der Waals surface area contributed by atoms with Crippen molar-refractivity contribution in [3.8, 4) is 22.8 Å². The predicted molar refractivity (Wildman–Crippen MR) is 182 cm³/mol. The number of anilines is 2. The first-order chi connectivity index (χ1) is 22.8. The van der Waals surface area contributed by atoms with Gasteiger partial charge in [-0.25, -0.2) is 0 Å². The van der Waals surface area contributed by atoms with Crippen LogP contribution in [0, 0.1) is 0 Å². The number of hydrazone groups is 1. The first-order valence-corrected chi connectivity index (χ1v) is 15.0. The van der Waals surface area contributed by atoms with Gasteiger partial charge < -0.3 is 12.4 Å². The van der Waals surface area contributed by atoms with Gasteiger partial charge in [-0.05, 0) is 70.6 Å². The Kier molecular flexibility index (Phi) is 9.61. The summed E-state index contributed by atoms with van der Waals surface area (Å²) in [6, 6.07) is 60.4. The summed E-state index contributed by atoms with van der Waals surface area (Å²) in [4.78, 5) is 3.63. The molecule has 0 unspecified atom stereocenters. The van der Waals surface area contributed by atoms with E-state index in [9.17, 15) is 0 Å². The highest BCUT2D eigenvalue weighted by atomic mass is 35.5. The molecule has 0 fully saturated rings. The van der Waals surface area contributed by atoms with E-state index < -0.39 is 0 Å². The fraction of sp³-hybridized carbons (Fsp3) is 0. The van der Waals surface area contributed by atoms with E-state index in [1.165, 1.54) is 0 Å². The molecule has 1 aromatic heterocycles. The molecule has 7 aromatic rings. The third-order valence-electron chi connectivity index (χ3n) is 7.20. The highest BCUT2D eigenvalue weighted by Gasteiger charge is 2.26. The van der Waals surface area contributed by atoms with Crippen LogP contribution in [0.5, 0.6) is 0 Å². The van der Waals surface area contributed by atoms with Crippen LogP contribution in [0.4, 0.5) is 11.4 Å². The number of halogens is 1. The van der Waals surface area contributed by atoms with Crippen LogP contribution in [-0.4, -0.2) is 20.8 Å². The molecule has 0 atom stereocenters. The number of aromatic nitrogens is 4. The molecule has 1 aliphatic heterocycles. The summed E-state index contributed by atoms with van der Waals surface area (Å²) >= 11 is 0. The average Bonchev–Trinajstić information content (AvgIpc) is 3.81. The molecule has 0 saturated carbocycles. The quantitative estimate of drug-likeness (QED) is 0.280. The zero-order valence-electron chi connectivity index (χ0n) is 25.3. The number of hydrogen-bond acceptors (Lipinski definition) is 6. The number of nitrogens with zero attached hydrogens (tertiary/aromatic N) is 7. The number of hydrogen-bond donors (Lipinski definition) is 1. The lowest BCUT2D eigenvalue weighted by Crippen LogP contribution is -3.00. The summed E-state index contributed by atoms with van der Waals surface area (Å²) in [5.74, 6) is 1.51. The van der Waals surface area contributed by atoms with Crippen LogP contribution in [0.3, 0.4) is 0 Å². The number of tetrazole rings is 1. The Hall–Kier alpha value is -6.25. The van der Waals surface area contributed by atoms with E-state index in [4.69, 9.17) is 15.3 Å². The lowest BCUT2D eigenvalue weighted by molar-refractivity contribution is -0.734. The van der Waals surface area contributed by atoms with Crippen molar-refractivity contribution in [2.24, 2.45) is 5.10 Å².